The predicted molar refractivity (Wildman–Crippen MR) is 90.3 cm³/mol. The molecular formula is C16H17N5O4. The third kappa shape index (κ3) is 5.57. The summed E-state index contributed by atoms with van der Waals surface area (Å²) in [5.74, 6) is -0.944. The zero-order chi connectivity index (χ0) is 18.2. The Morgan fingerprint density at radius 2 is 1.60 bits per heavy atom. The maximum absolute atomic E-state index is 12.0. The molecule has 0 bridgehead atoms. The lowest BCUT2D eigenvalue weighted by molar-refractivity contribution is -0.114. The number of hydrogen-bond acceptors (Lipinski definition) is 5. The molecule has 9 heteroatoms. The van der Waals surface area contributed by atoms with Gasteiger partial charge in [0.1, 0.15) is 5.69 Å². The van der Waals surface area contributed by atoms with E-state index in [4.69, 9.17) is 0 Å². The van der Waals surface area contributed by atoms with Gasteiger partial charge >= 0.3 is 0 Å². The molecule has 2 rings (SSSR count). The first kappa shape index (κ1) is 17.9. The number of nitrogens with zero attached hydrogens (tertiary/aromatic N) is 1. The van der Waals surface area contributed by atoms with E-state index >= 15 is 0 Å². The van der Waals surface area contributed by atoms with Crippen LogP contribution in [0.4, 0.5) is 5.69 Å². The fraction of sp³-hybridized carbons (Fsp3) is 0.188. The van der Waals surface area contributed by atoms with Gasteiger partial charge in [-0.2, -0.15) is 5.10 Å². The molecule has 4 N–H and O–H groups in total. The molecule has 25 heavy (non-hydrogen) atoms. The van der Waals surface area contributed by atoms with Crippen LogP contribution in [0.5, 0.6) is 0 Å². The van der Waals surface area contributed by atoms with Crippen LogP contribution in [-0.2, 0) is 4.79 Å². The van der Waals surface area contributed by atoms with Crippen molar-refractivity contribution in [1.29, 1.82) is 0 Å². The second-order valence-electron chi connectivity index (χ2n) is 5.08. The molecule has 9 nitrogen and oxygen atoms in total. The number of rotatable bonds is 6. The molecule has 0 spiro atoms. The van der Waals surface area contributed by atoms with Crippen LogP contribution in [-0.4, -0.2) is 41.0 Å². The second kappa shape index (κ2) is 8.39. The van der Waals surface area contributed by atoms with Crippen molar-refractivity contribution in [1.82, 2.24) is 20.8 Å². The van der Waals surface area contributed by atoms with Crippen LogP contribution in [0.15, 0.2) is 41.2 Å². The van der Waals surface area contributed by atoms with Gasteiger partial charge in [-0.15, -0.1) is 0 Å². The summed E-state index contributed by atoms with van der Waals surface area (Å²) in [5, 5.41) is 13.6. The Labute approximate surface area is 142 Å². The van der Waals surface area contributed by atoms with Gasteiger partial charge in [0.2, 0.25) is 5.91 Å². The number of anilines is 1. The molecule has 0 saturated heterocycles. The maximum Gasteiger partial charge on any atom is 0.271 e. The molecule has 0 aliphatic rings. The average Bonchev–Trinajstić information content (AvgIpc) is 2.59. The van der Waals surface area contributed by atoms with E-state index in [1.807, 2.05) is 0 Å². The van der Waals surface area contributed by atoms with Crippen molar-refractivity contribution in [3.8, 4) is 0 Å². The highest BCUT2D eigenvalue weighted by Crippen LogP contribution is 2.09. The van der Waals surface area contributed by atoms with Crippen molar-refractivity contribution in [2.24, 2.45) is 0 Å². The molecule has 1 heterocycles. The zero-order valence-electron chi connectivity index (χ0n) is 13.5. The molecule has 1 aromatic carbocycles. The normalized spacial score (nSPS) is 9.96. The Morgan fingerprint density at radius 3 is 2.16 bits per heavy atom. The van der Waals surface area contributed by atoms with Gasteiger partial charge in [0.15, 0.2) is 0 Å². The summed E-state index contributed by atoms with van der Waals surface area (Å²) in [4.78, 5) is 45.5. The fourth-order valence-electron chi connectivity index (χ4n) is 1.92. The minimum absolute atomic E-state index is 0.0829. The van der Waals surface area contributed by atoms with E-state index in [1.54, 1.807) is 24.3 Å². The summed E-state index contributed by atoms with van der Waals surface area (Å²) in [6, 6.07) is 8.93. The monoisotopic (exact) mass is 343 g/mol. The lowest BCUT2D eigenvalue weighted by Gasteiger charge is -2.07. The van der Waals surface area contributed by atoms with Crippen LogP contribution in [0.1, 0.15) is 27.8 Å². The summed E-state index contributed by atoms with van der Waals surface area (Å²) in [7, 11) is 0. The lowest BCUT2D eigenvalue weighted by Crippen LogP contribution is -2.35. The van der Waals surface area contributed by atoms with Gasteiger partial charge in [-0.25, -0.2) is 5.10 Å². The Bertz CT molecular complexity index is 809. The Morgan fingerprint density at radius 1 is 0.960 bits per heavy atom. The molecule has 3 amide bonds. The van der Waals surface area contributed by atoms with Crippen molar-refractivity contribution in [2.45, 2.75) is 6.92 Å². The summed E-state index contributed by atoms with van der Waals surface area (Å²) in [6.07, 6.45) is 0. The third-order valence-corrected chi connectivity index (χ3v) is 3.08. The Kier molecular flexibility index (Phi) is 5.99. The minimum Gasteiger partial charge on any atom is -0.350 e. The molecule has 0 fully saturated rings. The topological polar surface area (TPSA) is 133 Å². The summed E-state index contributed by atoms with van der Waals surface area (Å²) in [5.41, 5.74) is 0.722. The SMILES string of the molecule is CC(=O)Nc1ccc(C(=O)NCCNC(=O)c2ccc(=O)[nH]n2)cc1. The molecular weight excluding hydrogens is 326 g/mol. The molecule has 0 radical (unpaired) electrons. The highest BCUT2D eigenvalue weighted by atomic mass is 16.2. The van der Waals surface area contributed by atoms with Crippen LogP contribution in [0.25, 0.3) is 0 Å². The first-order valence-electron chi connectivity index (χ1n) is 7.45. The van der Waals surface area contributed by atoms with Crippen LogP contribution in [0, 0.1) is 0 Å². The summed E-state index contributed by atoms with van der Waals surface area (Å²) >= 11 is 0. The molecule has 0 saturated carbocycles. The highest BCUT2D eigenvalue weighted by Gasteiger charge is 2.08. The Hall–Kier alpha value is -3.49. The van der Waals surface area contributed by atoms with E-state index in [2.05, 4.69) is 26.1 Å². The molecule has 0 aliphatic heterocycles. The number of amides is 3. The van der Waals surface area contributed by atoms with E-state index in [9.17, 15) is 19.2 Å². The largest absolute Gasteiger partial charge is 0.350 e. The molecule has 1 aromatic heterocycles. The zero-order valence-corrected chi connectivity index (χ0v) is 13.5. The summed E-state index contributed by atoms with van der Waals surface area (Å²) < 4.78 is 0. The number of carbonyl (C=O) groups is 3. The number of carbonyl (C=O) groups excluding carboxylic acids is 3. The number of H-pyrrole nitrogens is 1. The van der Waals surface area contributed by atoms with Gasteiger partial charge in [-0.05, 0) is 30.3 Å². The molecule has 0 aliphatic carbocycles. The molecule has 0 unspecified atom stereocenters. The van der Waals surface area contributed by atoms with Crippen molar-refractivity contribution in [3.05, 3.63) is 58.0 Å². The molecule has 130 valence electrons. The number of hydrogen-bond donors (Lipinski definition) is 4. The first-order valence-corrected chi connectivity index (χ1v) is 7.45. The second-order valence-corrected chi connectivity index (χ2v) is 5.08. The van der Waals surface area contributed by atoms with E-state index in [1.165, 1.54) is 19.1 Å². The van der Waals surface area contributed by atoms with Gasteiger partial charge in [-0.1, -0.05) is 0 Å². The standard InChI is InChI=1S/C16H17N5O4/c1-10(22)19-12-4-2-11(3-5-12)15(24)17-8-9-18-16(25)13-6-7-14(23)21-20-13/h2-7H,8-9H2,1H3,(H,17,24)(H,18,25)(H,19,22)(H,21,23). The van der Waals surface area contributed by atoms with Crippen LogP contribution in [0.3, 0.4) is 0 Å². The third-order valence-electron chi connectivity index (χ3n) is 3.08. The van der Waals surface area contributed by atoms with Crippen molar-refractivity contribution < 1.29 is 14.4 Å². The highest BCUT2D eigenvalue weighted by molar-refractivity contribution is 5.95. The van der Waals surface area contributed by atoms with Crippen molar-refractivity contribution >= 4 is 23.4 Å². The van der Waals surface area contributed by atoms with Gasteiger partial charge in [0.25, 0.3) is 17.4 Å². The summed E-state index contributed by atoms with van der Waals surface area (Å²) in [6.45, 7) is 1.83. The Balaban J connectivity index is 1.76. The number of benzene rings is 1. The number of aromatic nitrogens is 2. The van der Waals surface area contributed by atoms with Gasteiger partial charge in [0.05, 0.1) is 0 Å². The average molecular weight is 343 g/mol. The van der Waals surface area contributed by atoms with E-state index in [-0.39, 0.29) is 30.6 Å². The van der Waals surface area contributed by atoms with E-state index in [0.29, 0.717) is 11.3 Å². The van der Waals surface area contributed by atoms with Crippen molar-refractivity contribution in [2.75, 3.05) is 18.4 Å². The van der Waals surface area contributed by atoms with Crippen LogP contribution in [0.2, 0.25) is 0 Å². The number of aromatic amines is 1. The lowest BCUT2D eigenvalue weighted by atomic mass is 10.2. The van der Waals surface area contributed by atoms with Crippen molar-refractivity contribution in [3.63, 3.8) is 0 Å². The van der Waals surface area contributed by atoms with Gasteiger partial charge in [-0.3, -0.25) is 19.2 Å². The molecule has 2 aromatic rings. The number of nitrogens with one attached hydrogen (secondary N) is 4. The smallest absolute Gasteiger partial charge is 0.271 e. The van der Waals surface area contributed by atoms with E-state index in [0.717, 1.165) is 0 Å². The predicted octanol–water partition coefficient (Wildman–Crippen LogP) is -0.112. The minimum atomic E-state index is -0.454. The quantitative estimate of drug-likeness (QED) is 0.543. The molecule has 0 atom stereocenters. The van der Waals surface area contributed by atoms with Crippen LogP contribution >= 0.6 is 0 Å². The van der Waals surface area contributed by atoms with E-state index < -0.39 is 11.5 Å². The van der Waals surface area contributed by atoms with Crippen LogP contribution < -0.4 is 21.5 Å². The first-order chi connectivity index (χ1) is 12.0. The fourth-order valence-corrected chi connectivity index (χ4v) is 1.92. The van der Waals surface area contributed by atoms with Gasteiger partial charge < -0.3 is 16.0 Å². The maximum atomic E-state index is 12.0. The van der Waals surface area contributed by atoms with Gasteiger partial charge in [0, 0.05) is 37.3 Å².